The zero-order chi connectivity index (χ0) is 18.6. The van der Waals surface area contributed by atoms with E-state index in [4.69, 9.17) is 0 Å². The van der Waals surface area contributed by atoms with Crippen molar-refractivity contribution < 1.29 is 8.42 Å². The first-order valence-electron chi connectivity index (χ1n) is 8.92. The van der Waals surface area contributed by atoms with Gasteiger partial charge >= 0.3 is 0 Å². The van der Waals surface area contributed by atoms with Gasteiger partial charge in [0.05, 0.1) is 0 Å². The molecule has 0 bridgehead atoms. The van der Waals surface area contributed by atoms with E-state index in [0.717, 1.165) is 22.0 Å². The lowest BCUT2D eigenvalue weighted by molar-refractivity contribution is 0.434. The Hall–Kier alpha value is -2.15. The van der Waals surface area contributed by atoms with Crippen molar-refractivity contribution in [3.8, 4) is 0 Å². The smallest absolute Gasteiger partial charge is 0.279 e. The van der Waals surface area contributed by atoms with Gasteiger partial charge in [0.2, 0.25) is 0 Å². The van der Waals surface area contributed by atoms with Gasteiger partial charge in [-0.1, -0.05) is 62.4 Å². The summed E-state index contributed by atoms with van der Waals surface area (Å²) in [5, 5.41) is 1.11. The van der Waals surface area contributed by atoms with Gasteiger partial charge in [0.15, 0.2) is 0 Å². The van der Waals surface area contributed by atoms with Gasteiger partial charge in [-0.3, -0.25) is 0 Å². The highest BCUT2D eigenvalue weighted by molar-refractivity contribution is 7.87. The Morgan fingerprint density at radius 2 is 1.65 bits per heavy atom. The molecule has 1 atom stereocenters. The lowest BCUT2D eigenvalue weighted by Gasteiger charge is -2.22. The maximum atomic E-state index is 12.6. The average Bonchev–Trinajstić information content (AvgIpc) is 3.08. The number of hydrogen-bond acceptors (Lipinski definition) is 2. The number of para-hydroxylation sites is 1. The highest BCUT2D eigenvalue weighted by Gasteiger charge is 2.23. The van der Waals surface area contributed by atoms with E-state index < -0.39 is 10.2 Å². The molecule has 6 heteroatoms. The first-order valence-corrected chi connectivity index (χ1v) is 10.4. The Balaban J connectivity index is 1.95. The Kier molecular flexibility index (Phi) is 5.76. The van der Waals surface area contributed by atoms with Crippen LogP contribution in [0.5, 0.6) is 0 Å². The maximum Gasteiger partial charge on any atom is 0.279 e. The predicted octanol–water partition coefficient (Wildman–Crippen LogP) is 3.48. The second kappa shape index (κ2) is 8.03. The molecule has 0 saturated heterocycles. The normalized spacial score (nSPS) is 13.3. The van der Waals surface area contributed by atoms with Crippen molar-refractivity contribution in [1.29, 1.82) is 0 Å². The van der Waals surface area contributed by atoms with E-state index in [9.17, 15) is 8.42 Å². The molecule has 0 aliphatic heterocycles. The number of aromatic nitrogens is 1. The van der Waals surface area contributed by atoms with Gasteiger partial charge in [0, 0.05) is 42.7 Å². The summed E-state index contributed by atoms with van der Waals surface area (Å²) in [7, 11) is -3.50. The van der Waals surface area contributed by atoms with Gasteiger partial charge in [-0.25, -0.2) is 4.72 Å². The average molecular weight is 372 g/mol. The number of fused-ring (bicyclic) bond motifs is 1. The minimum atomic E-state index is -3.50. The second-order valence-corrected chi connectivity index (χ2v) is 7.95. The number of benzene rings is 2. The van der Waals surface area contributed by atoms with Crippen LogP contribution in [0.1, 0.15) is 30.9 Å². The third kappa shape index (κ3) is 3.82. The number of H-pyrrole nitrogens is 1. The summed E-state index contributed by atoms with van der Waals surface area (Å²) in [5.41, 5.74) is 3.23. The van der Waals surface area contributed by atoms with Crippen molar-refractivity contribution in [3.63, 3.8) is 0 Å². The highest BCUT2D eigenvalue weighted by atomic mass is 32.2. The number of aromatic amines is 1. The Bertz CT molecular complexity index is 947. The monoisotopic (exact) mass is 371 g/mol. The van der Waals surface area contributed by atoms with Gasteiger partial charge < -0.3 is 4.98 Å². The molecule has 3 rings (SSSR count). The number of rotatable bonds is 8. The van der Waals surface area contributed by atoms with Gasteiger partial charge in [0.1, 0.15) is 0 Å². The molecule has 0 radical (unpaired) electrons. The third-order valence-corrected chi connectivity index (χ3v) is 6.44. The van der Waals surface area contributed by atoms with E-state index in [1.165, 1.54) is 4.31 Å². The first-order chi connectivity index (χ1) is 12.6. The minimum absolute atomic E-state index is 0.0716. The van der Waals surface area contributed by atoms with Crippen molar-refractivity contribution in [2.24, 2.45) is 0 Å². The zero-order valence-corrected chi connectivity index (χ0v) is 16.0. The van der Waals surface area contributed by atoms with Crippen molar-refractivity contribution in [1.82, 2.24) is 14.0 Å². The van der Waals surface area contributed by atoms with Crippen LogP contribution in [0.3, 0.4) is 0 Å². The van der Waals surface area contributed by atoms with Crippen LogP contribution >= 0.6 is 0 Å². The van der Waals surface area contributed by atoms with Crippen molar-refractivity contribution in [2.75, 3.05) is 19.6 Å². The largest absolute Gasteiger partial charge is 0.361 e. The fourth-order valence-electron chi connectivity index (χ4n) is 3.32. The summed E-state index contributed by atoms with van der Waals surface area (Å²) in [6.07, 6.45) is 1.98. The zero-order valence-electron chi connectivity index (χ0n) is 15.1. The quantitative estimate of drug-likeness (QED) is 0.637. The summed E-state index contributed by atoms with van der Waals surface area (Å²) < 4.78 is 29.4. The summed E-state index contributed by atoms with van der Waals surface area (Å²) >= 11 is 0. The van der Waals surface area contributed by atoms with Crippen LogP contribution < -0.4 is 4.72 Å². The van der Waals surface area contributed by atoms with E-state index in [1.807, 2.05) is 68.6 Å². The summed E-state index contributed by atoms with van der Waals surface area (Å²) in [6, 6.07) is 18.1. The number of nitrogens with one attached hydrogen (secondary N) is 2. The molecule has 138 valence electrons. The molecule has 26 heavy (non-hydrogen) atoms. The lowest BCUT2D eigenvalue weighted by atomic mass is 9.91. The number of hydrogen-bond donors (Lipinski definition) is 2. The SMILES string of the molecule is CCN(CC)S(=O)(=O)NC[C@@H](c1ccccc1)c1c[nH]c2ccccc12. The lowest BCUT2D eigenvalue weighted by Crippen LogP contribution is -2.42. The van der Waals surface area contributed by atoms with Crippen LogP contribution in [-0.4, -0.2) is 37.3 Å². The minimum Gasteiger partial charge on any atom is -0.361 e. The van der Waals surface area contributed by atoms with E-state index in [2.05, 4.69) is 15.8 Å². The van der Waals surface area contributed by atoms with Gasteiger partial charge in [-0.15, -0.1) is 0 Å². The third-order valence-electron chi connectivity index (χ3n) is 4.71. The van der Waals surface area contributed by atoms with Crippen LogP contribution in [0.25, 0.3) is 10.9 Å². The molecule has 2 N–H and O–H groups in total. The molecule has 3 aromatic rings. The van der Waals surface area contributed by atoms with E-state index >= 15 is 0 Å². The molecule has 1 heterocycles. The molecule has 5 nitrogen and oxygen atoms in total. The van der Waals surface area contributed by atoms with Gasteiger partial charge in [0.25, 0.3) is 10.2 Å². The van der Waals surface area contributed by atoms with Crippen LogP contribution in [0.4, 0.5) is 0 Å². The van der Waals surface area contributed by atoms with Crippen LogP contribution in [-0.2, 0) is 10.2 Å². The van der Waals surface area contributed by atoms with E-state index in [1.54, 1.807) is 0 Å². The summed E-state index contributed by atoms with van der Waals surface area (Å²) in [4.78, 5) is 3.29. The fraction of sp³-hybridized carbons (Fsp3) is 0.300. The van der Waals surface area contributed by atoms with Crippen molar-refractivity contribution in [2.45, 2.75) is 19.8 Å². The molecular weight excluding hydrogens is 346 g/mol. The standard InChI is InChI=1S/C20H25N3O2S/c1-3-23(4-2)26(24,25)22-15-18(16-10-6-5-7-11-16)19-14-21-20-13-9-8-12-17(19)20/h5-14,18,21-22H,3-4,15H2,1-2H3/t18-/m0/s1. The Labute approximate surface area is 155 Å². The van der Waals surface area contributed by atoms with E-state index in [0.29, 0.717) is 19.6 Å². The van der Waals surface area contributed by atoms with Gasteiger partial charge in [-0.05, 0) is 17.2 Å². The number of nitrogens with zero attached hydrogens (tertiary/aromatic N) is 1. The topological polar surface area (TPSA) is 65.2 Å². The summed E-state index contributed by atoms with van der Waals surface area (Å²) in [5.74, 6) is -0.0716. The molecule has 0 fully saturated rings. The molecule has 0 unspecified atom stereocenters. The first kappa shape index (κ1) is 18.6. The molecular formula is C20H25N3O2S. The molecule has 1 aromatic heterocycles. The van der Waals surface area contributed by atoms with E-state index in [-0.39, 0.29) is 5.92 Å². The Morgan fingerprint density at radius 1 is 1.00 bits per heavy atom. The second-order valence-electron chi connectivity index (χ2n) is 6.19. The van der Waals surface area contributed by atoms with Crippen molar-refractivity contribution >= 4 is 21.1 Å². The van der Waals surface area contributed by atoms with Gasteiger partial charge in [-0.2, -0.15) is 12.7 Å². The molecule has 0 aliphatic rings. The van der Waals surface area contributed by atoms with Crippen molar-refractivity contribution in [3.05, 3.63) is 71.9 Å². The van der Waals surface area contributed by atoms with Crippen LogP contribution in [0.15, 0.2) is 60.8 Å². The molecule has 0 amide bonds. The molecule has 0 spiro atoms. The Morgan fingerprint density at radius 3 is 2.35 bits per heavy atom. The molecule has 2 aromatic carbocycles. The van der Waals surface area contributed by atoms with Crippen LogP contribution in [0.2, 0.25) is 0 Å². The van der Waals surface area contributed by atoms with Crippen LogP contribution in [0, 0.1) is 0 Å². The predicted molar refractivity (Wildman–Crippen MR) is 106 cm³/mol. The molecule has 0 saturated carbocycles. The highest BCUT2D eigenvalue weighted by Crippen LogP contribution is 2.30. The summed E-state index contributed by atoms with van der Waals surface area (Å²) in [6.45, 7) is 4.91. The molecule has 0 aliphatic carbocycles. The maximum absolute atomic E-state index is 12.6. The fourth-order valence-corrected chi connectivity index (χ4v) is 4.56.